The number of hydrogen-bond donors (Lipinski definition) is 1. The largest absolute Gasteiger partial charge is 0.308 e. The molecule has 5 rings (SSSR count). The minimum absolute atomic E-state index is 0.0476. The molecule has 1 aliphatic rings. The highest BCUT2D eigenvalue weighted by Crippen LogP contribution is 2.27. The van der Waals surface area contributed by atoms with Gasteiger partial charge in [-0.3, -0.25) is 14.1 Å². The molecule has 1 aromatic heterocycles. The third kappa shape index (κ3) is 4.18. The second-order valence-electron chi connectivity index (χ2n) is 8.18. The van der Waals surface area contributed by atoms with E-state index in [9.17, 15) is 13.2 Å². The standard InChI is InChI=1S/C24H25N3O3S2/c28-24-27(16-15-26-13-4-1-5-14-26)22-12-11-19(17-23(22)31-24)32(29,30)25-21-10-6-8-18-7-2-3-9-20(18)21/h2-3,6-12,17,25H,1,4-5,13-16H2. The number of sulfonamides is 1. The maximum Gasteiger partial charge on any atom is 0.308 e. The van der Waals surface area contributed by atoms with E-state index in [1.807, 2.05) is 36.4 Å². The fraction of sp³-hybridized carbons (Fsp3) is 0.292. The van der Waals surface area contributed by atoms with Gasteiger partial charge in [0.25, 0.3) is 10.0 Å². The monoisotopic (exact) mass is 467 g/mol. The van der Waals surface area contributed by atoms with Crippen LogP contribution in [0.3, 0.4) is 0 Å². The first-order valence-corrected chi connectivity index (χ1v) is 13.2. The van der Waals surface area contributed by atoms with Gasteiger partial charge in [0.2, 0.25) is 0 Å². The number of benzene rings is 3. The molecule has 2 heterocycles. The van der Waals surface area contributed by atoms with Gasteiger partial charge in [-0.25, -0.2) is 8.42 Å². The molecule has 0 amide bonds. The van der Waals surface area contributed by atoms with Gasteiger partial charge in [-0.15, -0.1) is 0 Å². The molecule has 8 heteroatoms. The summed E-state index contributed by atoms with van der Waals surface area (Å²) in [6.07, 6.45) is 3.70. The van der Waals surface area contributed by atoms with Crippen LogP contribution in [0.5, 0.6) is 0 Å². The van der Waals surface area contributed by atoms with Crippen molar-refractivity contribution < 1.29 is 8.42 Å². The molecule has 0 spiro atoms. The number of piperidine rings is 1. The average molecular weight is 468 g/mol. The zero-order valence-electron chi connectivity index (χ0n) is 17.7. The van der Waals surface area contributed by atoms with Crippen molar-refractivity contribution in [3.05, 3.63) is 70.3 Å². The van der Waals surface area contributed by atoms with Crippen molar-refractivity contribution in [3.8, 4) is 0 Å². The third-order valence-electron chi connectivity index (χ3n) is 6.07. The molecule has 1 saturated heterocycles. The molecular formula is C24H25N3O3S2. The maximum absolute atomic E-state index is 13.1. The summed E-state index contributed by atoms with van der Waals surface area (Å²) in [6.45, 7) is 3.63. The molecule has 0 aliphatic carbocycles. The minimum atomic E-state index is -3.79. The van der Waals surface area contributed by atoms with Gasteiger partial charge >= 0.3 is 4.87 Å². The molecular weight excluding hydrogens is 442 g/mol. The molecule has 4 aromatic rings. The number of rotatable bonds is 6. The fourth-order valence-corrected chi connectivity index (χ4v) is 6.50. The summed E-state index contributed by atoms with van der Waals surface area (Å²) < 4.78 is 31.4. The molecule has 1 fully saturated rings. The molecule has 166 valence electrons. The Bertz CT molecular complexity index is 1430. The number of anilines is 1. The number of aromatic nitrogens is 1. The maximum atomic E-state index is 13.1. The molecule has 1 N–H and O–H groups in total. The van der Waals surface area contributed by atoms with E-state index in [1.54, 1.807) is 28.8 Å². The summed E-state index contributed by atoms with van der Waals surface area (Å²) in [6, 6.07) is 18.1. The molecule has 6 nitrogen and oxygen atoms in total. The lowest BCUT2D eigenvalue weighted by molar-refractivity contribution is 0.221. The summed E-state index contributed by atoms with van der Waals surface area (Å²) in [5, 5.41) is 1.81. The van der Waals surface area contributed by atoms with Crippen molar-refractivity contribution in [1.82, 2.24) is 9.47 Å². The average Bonchev–Trinajstić information content (AvgIpc) is 3.12. The van der Waals surface area contributed by atoms with Crippen LogP contribution in [0.25, 0.3) is 21.0 Å². The van der Waals surface area contributed by atoms with Gasteiger partial charge in [0.1, 0.15) is 0 Å². The Balaban J connectivity index is 1.42. The predicted octanol–water partition coefficient (Wildman–Crippen LogP) is 4.50. The molecule has 0 bridgehead atoms. The van der Waals surface area contributed by atoms with E-state index in [-0.39, 0.29) is 9.77 Å². The topological polar surface area (TPSA) is 71.4 Å². The zero-order valence-corrected chi connectivity index (χ0v) is 19.3. The van der Waals surface area contributed by atoms with Gasteiger partial charge in [-0.2, -0.15) is 0 Å². The Kier molecular flexibility index (Phi) is 5.75. The first kappa shape index (κ1) is 21.2. The first-order chi connectivity index (χ1) is 15.5. The second-order valence-corrected chi connectivity index (χ2v) is 10.9. The Morgan fingerprint density at radius 1 is 0.906 bits per heavy atom. The molecule has 0 atom stereocenters. The van der Waals surface area contributed by atoms with Crippen LogP contribution in [-0.4, -0.2) is 37.5 Å². The van der Waals surface area contributed by atoms with Gasteiger partial charge < -0.3 is 4.90 Å². The normalized spacial score (nSPS) is 15.4. The third-order valence-corrected chi connectivity index (χ3v) is 8.38. The van der Waals surface area contributed by atoms with E-state index in [1.165, 1.54) is 19.3 Å². The van der Waals surface area contributed by atoms with Crippen molar-refractivity contribution in [1.29, 1.82) is 0 Å². The van der Waals surface area contributed by atoms with Crippen LogP contribution < -0.4 is 9.60 Å². The van der Waals surface area contributed by atoms with Crippen molar-refractivity contribution >= 4 is 48.0 Å². The van der Waals surface area contributed by atoms with Crippen LogP contribution in [0.15, 0.2) is 70.4 Å². The highest BCUT2D eigenvalue weighted by atomic mass is 32.2. The highest BCUT2D eigenvalue weighted by Gasteiger charge is 2.19. The SMILES string of the molecule is O=c1sc2cc(S(=O)(=O)Nc3cccc4ccccc34)ccc2n1CCN1CCCCC1. The Hall–Kier alpha value is -2.68. The molecule has 3 aromatic carbocycles. The van der Waals surface area contributed by atoms with Gasteiger partial charge in [0.15, 0.2) is 0 Å². The predicted molar refractivity (Wildman–Crippen MR) is 131 cm³/mol. The number of nitrogens with zero attached hydrogens (tertiary/aromatic N) is 2. The summed E-state index contributed by atoms with van der Waals surface area (Å²) in [7, 11) is -3.79. The number of likely N-dealkylation sites (tertiary alicyclic amines) is 1. The number of fused-ring (bicyclic) bond motifs is 2. The van der Waals surface area contributed by atoms with Crippen molar-refractivity contribution in [2.45, 2.75) is 30.7 Å². The Morgan fingerprint density at radius 3 is 2.53 bits per heavy atom. The second kappa shape index (κ2) is 8.69. The van der Waals surface area contributed by atoms with E-state index in [2.05, 4.69) is 9.62 Å². The lowest BCUT2D eigenvalue weighted by Crippen LogP contribution is -2.33. The van der Waals surface area contributed by atoms with Gasteiger partial charge in [0.05, 0.1) is 20.8 Å². The fourth-order valence-electron chi connectivity index (χ4n) is 4.37. The molecule has 0 radical (unpaired) electrons. The van der Waals surface area contributed by atoms with Crippen molar-refractivity contribution in [3.63, 3.8) is 0 Å². The molecule has 32 heavy (non-hydrogen) atoms. The smallest absolute Gasteiger partial charge is 0.302 e. The summed E-state index contributed by atoms with van der Waals surface area (Å²) in [4.78, 5) is 15.1. The molecule has 0 unspecified atom stereocenters. The van der Waals surface area contributed by atoms with E-state index in [0.717, 1.165) is 47.3 Å². The van der Waals surface area contributed by atoms with E-state index >= 15 is 0 Å². The zero-order chi connectivity index (χ0) is 22.1. The van der Waals surface area contributed by atoms with Crippen molar-refractivity contribution in [2.24, 2.45) is 0 Å². The highest BCUT2D eigenvalue weighted by molar-refractivity contribution is 7.92. The van der Waals surface area contributed by atoms with Crippen LogP contribution in [0.2, 0.25) is 0 Å². The lowest BCUT2D eigenvalue weighted by atomic mass is 10.1. The van der Waals surface area contributed by atoms with E-state index in [4.69, 9.17) is 0 Å². The van der Waals surface area contributed by atoms with Crippen LogP contribution in [0, 0.1) is 0 Å². The van der Waals surface area contributed by atoms with E-state index < -0.39 is 10.0 Å². The quantitative estimate of drug-likeness (QED) is 0.453. The minimum Gasteiger partial charge on any atom is -0.302 e. The first-order valence-electron chi connectivity index (χ1n) is 10.9. The Morgan fingerprint density at radius 2 is 1.69 bits per heavy atom. The van der Waals surface area contributed by atoms with Crippen LogP contribution in [-0.2, 0) is 16.6 Å². The number of nitrogens with one attached hydrogen (secondary N) is 1. The van der Waals surface area contributed by atoms with Crippen molar-refractivity contribution in [2.75, 3.05) is 24.4 Å². The van der Waals surface area contributed by atoms with Gasteiger partial charge in [-0.1, -0.05) is 54.2 Å². The van der Waals surface area contributed by atoms with E-state index in [0.29, 0.717) is 16.9 Å². The van der Waals surface area contributed by atoms with Gasteiger partial charge in [0, 0.05) is 18.5 Å². The summed E-state index contributed by atoms with van der Waals surface area (Å²) in [5.41, 5.74) is 1.33. The van der Waals surface area contributed by atoms with Crippen LogP contribution in [0.1, 0.15) is 19.3 Å². The number of hydrogen-bond acceptors (Lipinski definition) is 5. The lowest BCUT2D eigenvalue weighted by Gasteiger charge is -2.26. The van der Waals surface area contributed by atoms with Crippen LogP contribution in [0.4, 0.5) is 5.69 Å². The summed E-state index contributed by atoms with van der Waals surface area (Å²) >= 11 is 1.10. The molecule has 0 saturated carbocycles. The van der Waals surface area contributed by atoms with Crippen LogP contribution >= 0.6 is 11.3 Å². The number of thiazole rings is 1. The van der Waals surface area contributed by atoms with Gasteiger partial charge in [-0.05, 0) is 55.6 Å². The molecule has 1 aliphatic heterocycles. The Labute approximate surface area is 191 Å². The summed E-state index contributed by atoms with van der Waals surface area (Å²) in [5.74, 6) is 0.